The van der Waals surface area contributed by atoms with Crippen LogP contribution in [-0.4, -0.2) is 31.4 Å². The number of halogens is 4. The highest BCUT2D eigenvalue weighted by molar-refractivity contribution is 6.31. The number of rotatable bonds is 5. The van der Waals surface area contributed by atoms with Crippen molar-refractivity contribution in [1.29, 1.82) is 0 Å². The van der Waals surface area contributed by atoms with Crippen molar-refractivity contribution in [2.45, 2.75) is 12.2 Å². The maximum atomic E-state index is 12.8. The van der Waals surface area contributed by atoms with Crippen molar-refractivity contribution in [1.82, 2.24) is 10.2 Å². The van der Waals surface area contributed by atoms with Crippen LogP contribution in [0.25, 0.3) is 0 Å². The predicted molar refractivity (Wildman–Crippen MR) is 91.7 cm³/mol. The summed E-state index contributed by atoms with van der Waals surface area (Å²) in [7, 11) is 3.68. The van der Waals surface area contributed by atoms with Crippen LogP contribution in [0.1, 0.15) is 27.5 Å². The van der Waals surface area contributed by atoms with Crippen molar-refractivity contribution >= 4 is 17.5 Å². The summed E-state index contributed by atoms with van der Waals surface area (Å²) in [6, 6.07) is 11.4. The van der Waals surface area contributed by atoms with Crippen molar-refractivity contribution in [3.8, 4) is 0 Å². The van der Waals surface area contributed by atoms with Gasteiger partial charge >= 0.3 is 6.18 Å². The second-order valence-corrected chi connectivity index (χ2v) is 6.20. The van der Waals surface area contributed by atoms with Gasteiger partial charge in [-0.25, -0.2) is 0 Å². The van der Waals surface area contributed by atoms with E-state index < -0.39 is 17.6 Å². The molecule has 0 bridgehead atoms. The lowest BCUT2D eigenvalue weighted by Gasteiger charge is -2.26. The van der Waals surface area contributed by atoms with Gasteiger partial charge in [0.1, 0.15) is 0 Å². The molecule has 7 heteroatoms. The summed E-state index contributed by atoms with van der Waals surface area (Å²) in [4.78, 5) is 14.1. The van der Waals surface area contributed by atoms with E-state index in [1.54, 1.807) is 12.1 Å². The number of alkyl halides is 3. The molecule has 0 aromatic heterocycles. The molecule has 0 aliphatic rings. The van der Waals surface area contributed by atoms with E-state index in [0.29, 0.717) is 5.02 Å². The highest BCUT2D eigenvalue weighted by Crippen LogP contribution is 2.29. The smallest absolute Gasteiger partial charge is 0.350 e. The van der Waals surface area contributed by atoms with Crippen LogP contribution in [0.2, 0.25) is 5.02 Å². The largest absolute Gasteiger partial charge is 0.416 e. The number of carbonyl (C=O) groups is 1. The number of hydrogen-bond acceptors (Lipinski definition) is 2. The van der Waals surface area contributed by atoms with Crippen LogP contribution in [0.3, 0.4) is 0 Å². The van der Waals surface area contributed by atoms with Crippen LogP contribution in [0.15, 0.2) is 48.5 Å². The Morgan fingerprint density at radius 2 is 1.84 bits per heavy atom. The Morgan fingerprint density at radius 1 is 1.16 bits per heavy atom. The molecule has 1 amide bonds. The third-order valence-electron chi connectivity index (χ3n) is 3.80. The van der Waals surface area contributed by atoms with Gasteiger partial charge in [-0.3, -0.25) is 4.79 Å². The standard InChI is InChI=1S/C18H18ClF3N2O/c1-24(2)16(14-8-3-4-9-15(14)19)11-23-17(25)12-6-5-7-13(10-12)18(20,21)22/h3-10,16H,11H2,1-2H3,(H,23,25). The normalized spacial score (nSPS) is 12.9. The first-order chi connectivity index (χ1) is 11.7. The predicted octanol–water partition coefficient (Wildman–Crippen LogP) is 4.39. The zero-order chi connectivity index (χ0) is 18.6. The van der Waals surface area contributed by atoms with Crippen LogP contribution in [0, 0.1) is 0 Å². The molecule has 2 aromatic rings. The molecule has 0 saturated carbocycles. The Bertz CT molecular complexity index is 747. The molecule has 134 valence electrons. The monoisotopic (exact) mass is 370 g/mol. The van der Waals surface area contributed by atoms with E-state index in [1.807, 2.05) is 31.1 Å². The molecule has 0 saturated heterocycles. The van der Waals surface area contributed by atoms with Crippen LogP contribution in [-0.2, 0) is 6.18 Å². The molecule has 0 aliphatic heterocycles. The Balaban J connectivity index is 2.14. The first-order valence-corrected chi connectivity index (χ1v) is 7.94. The highest BCUT2D eigenvalue weighted by atomic mass is 35.5. The van der Waals surface area contributed by atoms with E-state index >= 15 is 0 Å². The van der Waals surface area contributed by atoms with E-state index in [2.05, 4.69) is 5.32 Å². The molecule has 1 atom stereocenters. The van der Waals surface area contributed by atoms with E-state index in [1.165, 1.54) is 12.1 Å². The van der Waals surface area contributed by atoms with Gasteiger partial charge in [-0.15, -0.1) is 0 Å². The molecule has 0 aliphatic carbocycles. The number of carbonyl (C=O) groups excluding carboxylic acids is 1. The first kappa shape index (κ1) is 19.3. The van der Waals surface area contributed by atoms with Crippen molar-refractivity contribution in [3.05, 3.63) is 70.2 Å². The van der Waals surface area contributed by atoms with Crippen LogP contribution in [0.5, 0.6) is 0 Å². The summed E-state index contributed by atoms with van der Waals surface area (Å²) in [5.41, 5.74) is -0.0552. The molecule has 1 unspecified atom stereocenters. The third-order valence-corrected chi connectivity index (χ3v) is 4.14. The number of amides is 1. The van der Waals surface area contributed by atoms with Crippen molar-refractivity contribution < 1.29 is 18.0 Å². The number of nitrogens with one attached hydrogen (secondary N) is 1. The molecule has 0 radical (unpaired) electrons. The molecule has 1 N–H and O–H groups in total. The fourth-order valence-corrected chi connectivity index (χ4v) is 2.71. The summed E-state index contributed by atoms with van der Waals surface area (Å²) in [6.07, 6.45) is -4.49. The third kappa shape index (κ3) is 4.96. The lowest BCUT2D eigenvalue weighted by atomic mass is 10.1. The molecule has 2 aromatic carbocycles. The average molecular weight is 371 g/mol. The summed E-state index contributed by atoms with van der Waals surface area (Å²) in [6.45, 7) is 0.214. The van der Waals surface area contributed by atoms with Gasteiger partial charge in [0.2, 0.25) is 0 Å². The topological polar surface area (TPSA) is 32.3 Å². The van der Waals surface area contributed by atoms with Gasteiger partial charge in [0, 0.05) is 17.1 Å². The fourth-order valence-electron chi connectivity index (χ4n) is 2.44. The summed E-state index contributed by atoms with van der Waals surface area (Å²) < 4.78 is 38.3. The Kier molecular flexibility index (Phi) is 6.08. The first-order valence-electron chi connectivity index (χ1n) is 7.56. The van der Waals surface area contributed by atoms with Gasteiger partial charge in [-0.2, -0.15) is 13.2 Å². The minimum atomic E-state index is -4.49. The second-order valence-electron chi connectivity index (χ2n) is 5.79. The Hall–Kier alpha value is -2.05. The Morgan fingerprint density at radius 3 is 2.44 bits per heavy atom. The fraction of sp³-hybridized carbons (Fsp3) is 0.278. The van der Waals surface area contributed by atoms with E-state index in [9.17, 15) is 18.0 Å². The van der Waals surface area contributed by atoms with Crippen molar-refractivity contribution in [3.63, 3.8) is 0 Å². The van der Waals surface area contributed by atoms with Gasteiger partial charge in [-0.05, 0) is 43.9 Å². The molecular formula is C18H18ClF3N2O. The summed E-state index contributed by atoms with van der Waals surface area (Å²) >= 11 is 6.20. The van der Waals surface area contributed by atoms with Crippen LogP contribution in [0.4, 0.5) is 13.2 Å². The maximum absolute atomic E-state index is 12.8. The number of hydrogen-bond donors (Lipinski definition) is 1. The molecule has 0 heterocycles. The zero-order valence-electron chi connectivity index (χ0n) is 13.8. The van der Waals surface area contributed by atoms with E-state index in [4.69, 9.17) is 11.6 Å². The van der Waals surface area contributed by atoms with E-state index in [-0.39, 0.29) is 18.2 Å². The van der Waals surface area contributed by atoms with Crippen molar-refractivity contribution in [2.75, 3.05) is 20.6 Å². The van der Waals surface area contributed by atoms with Gasteiger partial charge in [0.15, 0.2) is 0 Å². The molecule has 0 spiro atoms. The quantitative estimate of drug-likeness (QED) is 0.846. The van der Waals surface area contributed by atoms with Gasteiger partial charge in [0.25, 0.3) is 5.91 Å². The molecule has 3 nitrogen and oxygen atoms in total. The zero-order valence-corrected chi connectivity index (χ0v) is 14.5. The second kappa shape index (κ2) is 7.89. The molecule has 25 heavy (non-hydrogen) atoms. The number of benzene rings is 2. The highest BCUT2D eigenvalue weighted by Gasteiger charge is 2.31. The minimum absolute atomic E-state index is 0.0357. The number of nitrogens with zero attached hydrogens (tertiary/aromatic N) is 1. The lowest BCUT2D eigenvalue weighted by molar-refractivity contribution is -0.137. The van der Waals surface area contributed by atoms with Crippen LogP contribution < -0.4 is 5.32 Å². The SMILES string of the molecule is CN(C)C(CNC(=O)c1cccc(C(F)(F)F)c1)c1ccccc1Cl. The maximum Gasteiger partial charge on any atom is 0.416 e. The lowest BCUT2D eigenvalue weighted by Crippen LogP contribution is -2.34. The Labute approximate surface area is 149 Å². The van der Waals surface area contributed by atoms with E-state index in [0.717, 1.165) is 17.7 Å². The van der Waals surface area contributed by atoms with Crippen molar-refractivity contribution in [2.24, 2.45) is 0 Å². The molecule has 0 fully saturated rings. The van der Waals surface area contributed by atoms with Gasteiger partial charge in [-0.1, -0.05) is 35.9 Å². The van der Waals surface area contributed by atoms with Gasteiger partial charge < -0.3 is 10.2 Å². The minimum Gasteiger partial charge on any atom is -0.350 e. The number of likely N-dealkylation sites (N-methyl/N-ethyl adjacent to an activating group) is 1. The average Bonchev–Trinajstić information content (AvgIpc) is 2.55. The molecular weight excluding hydrogens is 353 g/mol. The summed E-state index contributed by atoms with van der Waals surface area (Å²) in [5, 5.41) is 3.24. The summed E-state index contributed by atoms with van der Waals surface area (Å²) in [5.74, 6) is -0.565. The molecule has 2 rings (SSSR count). The van der Waals surface area contributed by atoms with Crippen LogP contribution >= 0.6 is 11.6 Å². The van der Waals surface area contributed by atoms with Gasteiger partial charge in [0.05, 0.1) is 11.6 Å².